The van der Waals surface area contributed by atoms with Crippen LogP contribution in [0.4, 0.5) is 0 Å². The molecule has 0 spiro atoms. The van der Waals surface area contributed by atoms with Gasteiger partial charge in [-0.1, -0.05) is 72.8 Å². The summed E-state index contributed by atoms with van der Waals surface area (Å²) in [6, 6.07) is 27.6. The van der Waals surface area contributed by atoms with Crippen LogP contribution in [0.3, 0.4) is 0 Å². The molecule has 4 nitrogen and oxygen atoms in total. The zero-order chi connectivity index (χ0) is 21.8. The van der Waals surface area contributed by atoms with E-state index in [2.05, 4.69) is 99.6 Å². The van der Waals surface area contributed by atoms with Crippen LogP contribution >= 0.6 is 0 Å². The first-order chi connectivity index (χ1) is 16.4. The maximum atomic E-state index is 5.29. The number of aliphatic imine (C=N–C) groups is 1. The van der Waals surface area contributed by atoms with E-state index in [1.165, 1.54) is 22.0 Å². The smallest absolute Gasteiger partial charge is 0.145 e. The van der Waals surface area contributed by atoms with E-state index in [4.69, 9.17) is 4.98 Å². The standard InChI is InChI=1S/C29H20N4/c1-2-8-20(9-3-1)29-32-27-22-13-15-30-17-24(22)25-18-31-16-14-23(25)28(27)33(29)26-12-6-10-19-7-4-5-11-21(19)26/h1-18,23,25H. The van der Waals surface area contributed by atoms with Crippen molar-refractivity contribution in [2.75, 3.05) is 0 Å². The summed E-state index contributed by atoms with van der Waals surface area (Å²) < 4.78 is 2.37. The summed E-state index contributed by atoms with van der Waals surface area (Å²) in [6.45, 7) is 0. The Morgan fingerprint density at radius 2 is 1.64 bits per heavy atom. The molecule has 1 aliphatic heterocycles. The van der Waals surface area contributed by atoms with Gasteiger partial charge in [-0.15, -0.1) is 0 Å². The summed E-state index contributed by atoms with van der Waals surface area (Å²) in [5, 5.41) is 2.43. The van der Waals surface area contributed by atoms with Crippen molar-refractivity contribution in [3.05, 3.63) is 115 Å². The zero-order valence-electron chi connectivity index (χ0n) is 17.8. The fraction of sp³-hybridized carbons (Fsp3) is 0.0690. The van der Waals surface area contributed by atoms with E-state index in [0.29, 0.717) is 0 Å². The lowest BCUT2D eigenvalue weighted by molar-refractivity contribution is 0.714. The molecule has 0 saturated carbocycles. The van der Waals surface area contributed by atoms with Crippen LogP contribution in [-0.4, -0.2) is 20.7 Å². The third-order valence-electron chi connectivity index (χ3n) is 6.75. The highest BCUT2D eigenvalue weighted by atomic mass is 15.1. The van der Waals surface area contributed by atoms with Gasteiger partial charge in [0, 0.05) is 53.2 Å². The van der Waals surface area contributed by atoms with Gasteiger partial charge in [-0.3, -0.25) is 14.5 Å². The molecule has 0 amide bonds. The lowest BCUT2D eigenvalue weighted by Gasteiger charge is -2.31. The van der Waals surface area contributed by atoms with E-state index in [0.717, 1.165) is 28.3 Å². The fourth-order valence-corrected chi connectivity index (χ4v) is 5.29. The van der Waals surface area contributed by atoms with Gasteiger partial charge in [-0.25, -0.2) is 4.98 Å². The number of hydrogen-bond donors (Lipinski definition) is 0. The maximum Gasteiger partial charge on any atom is 0.145 e. The zero-order valence-corrected chi connectivity index (χ0v) is 17.8. The van der Waals surface area contributed by atoms with Gasteiger partial charge in [0.2, 0.25) is 0 Å². The molecule has 2 atom stereocenters. The molecule has 2 unspecified atom stereocenters. The Balaban J connectivity index is 1.63. The molecular weight excluding hydrogens is 404 g/mol. The number of allylic oxidation sites excluding steroid dienone is 1. The van der Waals surface area contributed by atoms with Gasteiger partial charge in [0.15, 0.2) is 0 Å². The van der Waals surface area contributed by atoms with Crippen LogP contribution < -0.4 is 0 Å². The van der Waals surface area contributed by atoms with Crippen molar-refractivity contribution in [2.45, 2.75) is 11.8 Å². The Morgan fingerprint density at radius 3 is 2.58 bits per heavy atom. The van der Waals surface area contributed by atoms with Crippen molar-refractivity contribution in [2.24, 2.45) is 4.99 Å². The molecule has 0 bridgehead atoms. The SMILES string of the molecule is C1=CC2c3c(nc(-c4ccccc4)n3-c3cccc4ccccc34)-c3ccncc3C2C=N1. The van der Waals surface area contributed by atoms with E-state index in [1.54, 1.807) is 0 Å². The van der Waals surface area contributed by atoms with Crippen LogP contribution in [0.25, 0.3) is 39.1 Å². The van der Waals surface area contributed by atoms with Gasteiger partial charge >= 0.3 is 0 Å². The summed E-state index contributed by atoms with van der Waals surface area (Å²) in [6.07, 6.45) is 10.0. The summed E-state index contributed by atoms with van der Waals surface area (Å²) in [5.74, 6) is 1.23. The van der Waals surface area contributed by atoms with Crippen molar-refractivity contribution in [3.63, 3.8) is 0 Å². The average Bonchev–Trinajstić information content (AvgIpc) is 3.30. The Kier molecular flexibility index (Phi) is 3.94. The highest BCUT2D eigenvalue weighted by Crippen LogP contribution is 2.49. The summed E-state index contributed by atoms with van der Waals surface area (Å²) in [5.41, 5.74) is 6.80. The largest absolute Gasteiger partial charge is 0.295 e. The molecule has 4 heteroatoms. The van der Waals surface area contributed by atoms with Gasteiger partial charge < -0.3 is 0 Å². The number of rotatable bonds is 2. The molecule has 3 aromatic carbocycles. The summed E-state index contributed by atoms with van der Waals surface area (Å²) >= 11 is 0. The Hall–Kier alpha value is -4.31. The van der Waals surface area contributed by atoms with Crippen molar-refractivity contribution in [1.29, 1.82) is 0 Å². The molecule has 0 saturated heterocycles. The number of hydrogen-bond acceptors (Lipinski definition) is 3. The van der Waals surface area contributed by atoms with Gasteiger partial charge in [0.05, 0.1) is 17.1 Å². The predicted octanol–water partition coefficient (Wildman–Crippen LogP) is 6.53. The van der Waals surface area contributed by atoms with Crippen LogP contribution in [0.1, 0.15) is 23.1 Å². The lowest BCUT2D eigenvalue weighted by atomic mass is 9.76. The molecule has 0 fully saturated rings. The van der Waals surface area contributed by atoms with Crippen LogP contribution in [0.15, 0.2) is 109 Å². The highest BCUT2D eigenvalue weighted by molar-refractivity contribution is 5.92. The second-order valence-electron chi connectivity index (χ2n) is 8.52. The van der Waals surface area contributed by atoms with Crippen LogP contribution in [0.5, 0.6) is 0 Å². The minimum absolute atomic E-state index is 0.137. The van der Waals surface area contributed by atoms with E-state index in [9.17, 15) is 0 Å². The van der Waals surface area contributed by atoms with Crippen LogP contribution in [0.2, 0.25) is 0 Å². The van der Waals surface area contributed by atoms with Gasteiger partial charge in [-0.2, -0.15) is 0 Å². The second-order valence-corrected chi connectivity index (χ2v) is 8.52. The first-order valence-electron chi connectivity index (χ1n) is 11.2. The van der Waals surface area contributed by atoms with Gasteiger partial charge in [0.25, 0.3) is 0 Å². The molecule has 1 aliphatic carbocycles. The van der Waals surface area contributed by atoms with E-state index in [1.807, 2.05) is 24.7 Å². The average molecular weight is 425 g/mol. The minimum Gasteiger partial charge on any atom is -0.295 e. The monoisotopic (exact) mass is 424 g/mol. The number of imidazole rings is 1. The number of aromatic nitrogens is 3. The Morgan fingerprint density at radius 1 is 0.788 bits per heavy atom. The fourth-order valence-electron chi connectivity index (χ4n) is 5.29. The highest BCUT2D eigenvalue weighted by Gasteiger charge is 2.38. The van der Waals surface area contributed by atoms with E-state index in [-0.39, 0.29) is 11.8 Å². The lowest BCUT2D eigenvalue weighted by Crippen LogP contribution is -2.22. The molecule has 7 rings (SSSR count). The van der Waals surface area contributed by atoms with Crippen LogP contribution in [-0.2, 0) is 0 Å². The van der Waals surface area contributed by atoms with Gasteiger partial charge in [0.1, 0.15) is 5.82 Å². The first kappa shape index (κ1) is 18.3. The van der Waals surface area contributed by atoms with Crippen molar-refractivity contribution < 1.29 is 0 Å². The van der Waals surface area contributed by atoms with E-state index >= 15 is 0 Å². The second kappa shape index (κ2) is 7.10. The molecule has 156 valence electrons. The molecule has 2 aromatic heterocycles. The molecule has 2 aliphatic rings. The number of benzene rings is 3. The number of pyridine rings is 1. The topological polar surface area (TPSA) is 43.1 Å². The summed E-state index contributed by atoms with van der Waals surface area (Å²) in [4.78, 5) is 14.2. The van der Waals surface area contributed by atoms with Crippen molar-refractivity contribution >= 4 is 17.0 Å². The molecule has 5 aromatic rings. The van der Waals surface area contributed by atoms with Crippen molar-refractivity contribution in [1.82, 2.24) is 14.5 Å². The van der Waals surface area contributed by atoms with Gasteiger partial charge in [-0.05, 0) is 23.1 Å². The maximum absolute atomic E-state index is 5.29. The third kappa shape index (κ3) is 2.67. The minimum atomic E-state index is 0.137. The number of nitrogens with zero attached hydrogens (tertiary/aromatic N) is 4. The molecule has 0 radical (unpaired) electrons. The van der Waals surface area contributed by atoms with Crippen LogP contribution in [0, 0.1) is 0 Å². The molecule has 0 N–H and O–H groups in total. The summed E-state index contributed by atoms with van der Waals surface area (Å²) in [7, 11) is 0. The molecular formula is C29H20N4. The third-order valence-corrected chi connectivity index (χ3v) is 6.75. The Labute approximate surface area is 191 Å². The Bertz CT molecular complexity index is 1570. The number of fused-ring (bicyclic) bond motifs is 7. The normalized spacial score (nSPS) is 18.1. The quantitative estimate of drug-likeness (QED) is 0.323. The predicted molar refractivity (Wildman–Crippen MR) is 133 cm³/mol. The van der Waals surface area contributed by atoms with Crippen molar-refractivity contribution in [3.8, 4) is 28.3 Å². The first-order valence-corrected chi connectivity index (χ1v) is 11.2. The van der Waals surface area contributed by atoms with E-state index < -0.39 is 0 Å². The molecule has 33 heavy (non-hydrogen) atoms. The molecule has 3 heterocycles.